The number of nitrogens with zero attached hydrogens (tertiary/aromatic N) is 2. The van der Waals surface area contributed by atoms with Crippen LogP contribution in [0.1, 0.15) is 5.56 Å². The van der Waals surface area contributed by atoms with Gasteiger partial charge < -0.3 is 9.47 Å². The topological polar surface area (TPSA) is 103 Å². The lowest BCUT2D eigenvalue weighted by atomic mass is 10.2. The zero-order valence-corrected chi connectivity index (χ0v) is 13.9. The molecule has 25 heavy (non-hydrogen) atoms. The number of hydrogen-bond acceptors (Lipinski definition) is 6. The molecule has 0 heterocycles. The number of amides is 1. The lowest BCUT2D eigenvalue weighted by molar-refractivity contribution is -0.384. The maximum absolute atomic E-state index is 11.7. The van der Waals surface area contributed by atoms with Crippen LogP contribution in [-0.2, 0) is 4.79 Å². The fourth-order valence-electron chi connectivity index (χ4n) is 1.81. The summed E-state index contributed by atoms with van der Waals surface area (Å²) in [7, 11) is 1.51. The minimum atomic E-state index is -0.544. The first-order valence-corrected chi connectivity index (χ1v) is 7.40. The van der Waals surface area contributed by atoms with Crippen molar-refractivity contribution in [2.45, 2.75) is 0 Å². The minimum absolute atomic E-state index is 0.118. The molecule has 0 bridgehead atoms. The number of nitro groups is 1. The standard InChI is InChI=1S/C16H14ClN3O5/c1-24-15-6-5-11(7-14(15)17)9-18-19-16(21)10-25-13-4-2-3-12(8-13)20(22)23/h2-9H,10H2,1H3,(H,19,21)/b18-9-. The van der Waals surface area contributed by atoms with Crippen LogP contribution < -0.4 is 14.9 Å². The van der Waals surface area contributed by atoms with Gasteiger partial charge in [0.1, 0.15) is 11.5 Å². The summed E-state index contributed by atoms with van der Waals surface area (Å²) in [6.45, 7) is -0.331. The van der Waals surface area contributed by atoms with Crippen LogP contribution in [0.15, 0.2) is 47.6 Å². The fourth-order valence-corrected chi connectivity index (χ4v) is 2.08. The van der Waals surface area contributed by atoms with Crippen molar-refractivity contribution >= 4 is 29.4 Å². The van der Waals surface area contributed by atoms with E-state index in [1.807, 2.05) is 0 Å². The van der Waals surface area contributed by atoms with Crippen LogP contribution in [0.2, 0.25) is 5.02 Å². The van der Waals surface area contributed by atoms with Crippen molar-refractivity contribution in [2.24, 2.45) is 5.10 Å². The molecule has 0 aliphatic heterocycles. The van der Waals surface area contributed by atoms with Crippen molar-refractivity contribution in [3.63, 3.8) is 0 Å². The monoisotopic (exact) mass is 363 g/mol. The maximum atomic E-state index is 11.7. The number of nitro benzene ring substituents is 1. The molecule has 0 unspecified atom stereocenters. The highest BCUT2D eigenvalue weighted by Gasteiger charge is 2.08. The van der Waals surface area contributed by atoms with Crippen LogP contribution in [-0.4, -0.2) is 30.8 Å². The molecule has 0 spiro atoms. The number of non-ortho nitro benzene ring substituents is 1. The Morgan fingerprint density at radius 2 is 2.16 bits per heavy atom. The Hall–Kier alpha value is -3.13. The number of benzene rings is 2. The third-order valence-corrected chi connectivity index (χ3v) is 3.27. The highest BCUT2D eigenvalue weighted by molar-refractivity contribution is 6.32. The molecule has 9 heteroatoms. The molecule has 0 fully saturated rings. The molecule has 2 aromatic rings. The van der Waals surface area contributed by atoms with Crippen molar-refractivity contribution in [2.75, 3.05) is 13.7 Å². The first-order valence-electron chi connectivity index (χ1n) is 7.02. The second kappa shape index (κ2) is 8.65. The predicted molar refractivity (Wildman–Crippen MR) is 92.3 cm³/mol. The number of hydrazone groups is 1. The van der Waals surface area contributed by atoms with Crippen LogP contribution in [0.25, 0.3) is 0 Å². The van der Waals surface area contributed by atoms with E-state index < -0.39 is 10.8 Å². The molecule has 2 rings (SSSR count). The van der Waals surface area contributed by atoms with E-state index in [9.17, 15) is 14.9 Å². The van der Waals surface area contributed by atoms with Gasteiger partial charge in [0, 0.05) is 6.07 Å². The van der Waals surface area contributed by atoms with E-state index in [4.69, 9.17) is 21.1 Å². The Kier molecular flexibility index (Phi) is 6.30. The van der Waals surface area contributed by atoms with Gasteiger partial charge in [0.05, 0.1) is 29.3 Å². The van der Waals surface area contributed by atoms with Gasteiger partial charge in [-0.05, 0) is 29.8 Å². The Morgan fingerprint density at radius 1 is 1.36 bits per heavy atom. The number of rotatable bonds is 7. The third-order valence-electron chi connectivity index (χ3n) is 2.98. The van der Waals surface area contributed by atoms with E-state index >= 15 is 0 Å². The van der Waals surface area contributed by atoms with E-state index in [0.29, 0.717) is 16.3 Å². The van der Waals surface area contributed by atoms with E-state index in [1.54, 1.807) is 18.2 Å². The SMILES string of the molecule is COc1ccc(/C=N\NC(=O)COc2cccc([N+](=O)[O-])c2)cc1Cl. The van der Waals surface area contributed by atoms with Crippen molar-refractivity contribution in [1.82, 2.24) is 5.43 Å². The summed E-state index contributed by atoms with van der Waals surface area (Å²) in [6.07, 6.45) is 1.41. The van der Waals surface area contributed by atoms with Gasteiger partial charge in [0.15, 0.2) is 6.61 Å². The first-order chi connectivity index (χ1) is 12.0. The fraction of sp³-hybridized carbons (Fsp3) is 0.125. The predicted octanol–water partition coefficient (Wildman–Crippen LogP) is 2.79. The lowest BCUT2D eigenvalue weighted by Crippen LogP contribution is -2.24. The van der Waals surface area contributed by atoms with Crippen molar-refractivity contribution in [1.29, 1.82) is 0 Å². The molecule has 0 atom stereocenters. The molecular weight excluding hydrogens is 350 g/mol. The molecule has 0 saturated heterocycles. The van der Waals surface area contributed by atoms with Crippen LogP contribution in [0.3, 0.4) is 0 Å². The number of ether oxygens (including phenoxy) is 2. The summed E-state index contributed by atoms with van der Waals surface area (Å²) in [5.41, 5.74) is 2.84. The molecule has 2 aromatic carbocycles. The lowest BCUT2D eigenvalue weighted by Gasteiger charge is -2.05. The zero-order chi connectivity index (χ0) is 18.2. The van der Waals surface area contributed by atoms with Gasteiger partial charge in [-0.2, -0.15) is 5.10 Å². The summed E-state index contributed by atoms with van der Waals surface area (Å²) in [4.78, 5) is 21.8. The largest absolute Gasteiger partial charge is 0.495 e. The Morgan fingerprint density at radius 3 is 2.84 bits per heavy atom. The van der Waals surface area contributed by atoms with Crippen molar-refractivity contribution < 1.29 is 19.2 Å². The van der Waals surface area contributed by atoms with Gasteiger partial charge in [0.2, 0.25) is 0 Å². The molecule has 130 valence electrons. The quantitative estimate of drug-likeness (QED) is 0.463. The average molecular weight is 364 g/mol. The Bertz CT molecular complexity index is 810. The number of hydrogen-bond donors (Lipinski definition) is 1. The van der Waals surface area contributed by atoms with Crippen LogP contribution in [0.5, 0.6) is 11.5 Å². The van der Waals surface area contributed by atoms with Crippen molar-refractivity contribution in [3.8, 4) is 11.5 Å². The van der Waals surface area contributed by atoms with Gasteiger partial charge in [-0.15, -0.1) is 0 Å². The maximum Gasteiger partial charge on any atom is 0.277 e. The van der Waals surface area contributed by atoms with Crippen molar-refractivity contribution in [3.05, 3.63) is 63.2 Å². The summed E-state index contributed by atoms with van der Waals surface area (Å²) in [5.74, 6) is 0.242. The number of carbonyl (C=O) groups excluding carboxylic acids is 1. The third kappa shape index (κ3) is 5.47. The number of methoxy groups -OCH3 is 1. The first kappa shape index (κ1) is 18.2. The zero-order valence-electron chi connectivity index (χ0n) is 13.1. The van der Waals surface area contributed by atoms with E-state index in [-0.39, 0.29) is 18.0 Å². The number of nitrogens with one attached hydrogen (secondary N) is 1. The van der Waals surface area contributed by atoms with Crippen LogP contribution >= 0.6 is 11.6 Å². The molecule has 0 aromatic heterocycles. The van der Waals surface area contributed by atoms with Gasteiger partial charge in [-0.3, -0.25) is 14.9 Å². The number of carbonyl (C=O) groups is 1. The highest BCUT2D eigenvalue weighted by atomic mass is 35.5. The van der Waals surface area contributed by atoms with Gasteiger partial charge >= 0.3 is 0 Å². The summed E-state index contributed by atoms with van der Waals surface area (Å²) < 4.78 is 10.2. The van der Waals surface area contributed by atoms with Crippen LogP contribution in [0.4, 0.5) is 5.69 Å². The Labute approximate surface area is 148 Å². The molecule has 1 N–H and O–H groups in total. The summed E-state index contributed by atoms with van der Waals surface area (Å²) >= 11 is 5.98. The summed E-state index contributed by atoms with van der Waals surface area (Å²) in [5, 5.41) is 14.9. The van der Waals surface area contributed by atoms with E-state index in [1.165, 1.54) is 37.6 Å². The smallest absolute Gasteiger partial charge is 0.277 e. The number of halogens is 1. The molecule has 8 nitrogen and oxygen atoms in total. The molecule has 0 aliphatic rings. The molecule has 1 amide bonds. The van der Waals surface area contributed by atoms with Gasteiger partial charge in [-0.1, -0.05) is 17.7 Å². The molecule has 0 saturated carbocycles. The second-order valence-corrected chi connectivity index (χ2v) is 5.14. The van der Waals surface area contributed by atoms with E-state index in [0.717, 1.165) is 0 Å². The molecular formula is C16H14ClN3O5. The van der Waals surface area contributed by atoms with Gasteiger partial charge in [0.25, 0.3) is 11.6 Å². The second-order valence-electron chi connectivity index (χ2n) is 4.73. The summed E-state index contributed by atoms with van der Waals surface area (Å²) in [6, 6.07) is 10.6. The van der Waals surface area contributed by atoms with E-state index in [2.05, 4.69) is 10.5 Å². The van der Waals surface area contributed by atoms with Gasteiger partial charge in [-0.25, -0.2) is 5.43 Å². The molecule has 0 aliphatic carbocycles. The van der Waals surface area contributed by atoms with Crippen LogP contribution in [0, 0.1) is 10.1 Å². The highest BCUT2D eigenvalue weighted by Crippen LogP contribution is 2.24. The average Bonchev–Trinajstić information content (AvgIpc) is 2.60. The Balaban J connectivity index is 1.85. The minimum Gasteiger partial charge on any atom is -0.495 e. The molecule has 0 radical (unpaired) electrons. The normalized spacial score (nSPS) is 10.5.